The average Bonchev–Trinajstić information content (AvgIpc) is 3.28. The van der Waals surface area contributed by atoms with Crippen LogP contribution in [-0.4, -0.2) is 55.6 Å². The Bertz CT molecular complexity index is 973. The first-order chi connectivity index (χ1) is 13.3. The Hall–Kier alpha value is -2.27. The van der Waals surface area contributed by atoms with Crippen molar-refractivity contribution in [1.29, 1.82) is 0 Å². The number of anilines is 1. The first-order valence-corrected chi connectivity index (χ1v) is 9.93. The van der Waals surface area contributed by atoms with E-state index in [0.29, 0.717) is 24.6 Å². The van der Waals surface area contributed by atoms with Crippen molar-refractivity contribution in [2.45, 2.75) is 33.0 Å². The van der Waals surface area contributed by atoms with Gasteiger partial charge in [-0.1, -0.05) is 6.92 Å². The molecular formula is C17H20F3N7S. The summed E-state index contributed by atoms with van der Waals surface area (Å²) in [6.45, 7) is 7.58. The number of alkyl halides is 3. The summed E-state index contributed by atoms with van der Waals surface area (Å²) in [5.41, 5.74) is 1.68. The molecule has 28 heavy (non-hydrogen) atoms. The van der Waals surface area contributed by atoms with E-state index in [1.165, 1.54) is 4.52 Å². The molecule has 1 aliphatic rings. The van der Waals surface area contributed by atoms with Gasteiger partial charge in [0.15, 0.2) is 0 Å². The van der Waals surface area contributed by atoms with Gasteiger partial charge in [-0.25, -0.2) is 9.97 Å². The molecule has 4 heterocycles. The minimum absolute atomic E-state index is 0.0284. The molecule has 0 radical (unpaired) electrons. The number of nitrogens with zero attached hydrogens (tertiary/aromatic N) is 7. The summed E-state index contributed by atoms with van der Waals surface area (Å²) >= 11 is 1.68. The maximum absolute atomic E-state index is 13.0. The molecule has 0 N–H and O–H groups in total. The van der Waals surface area contributed by atoms with Gasteiger partial charge in [0.25, 0.3) is 11.6 Å². The topological polar surface area (TPSA) is 62.5 Å². The largest absolute Gasteiger partial charge is 0.453 e. The fourth-order valence-electron chi connectivity index (χ4n) is 3.26. The molecule has 0 bridgehead atoms. The van der Waals surface area contributed by atoms with Crippen LogP contribution in [0.2, 0.25) is 0 Å². The van der Waals surface area contributed by atoms with Gasteiger partial charge in [-0.05, 0) is 13.3 Å². The molecule has 0 aliphatic carbocycles. The maximum atomic E-state index is 13.0. The van der Waals surface area contributed by atoms with Crippen LogP contribution in [0.25, 0.3) is 5.78 Å². The third kappa shape index (κ3) is 3.81. The van der Waals surface area contributed by atoms with Crippen LogP contribution in [0.15, 0.2) is 11.4 Å². The van der Waals surface area contributed by atoms with Gasteiger partial charge in [0.1, 0.15) is 5.82 Å². The molecule has 1 saturated heterocycles. The Morgan fingerprint density at radius 1 is 1.11 bits per heavy atom. The van der Waals surface area contributed by atoms with Gasteiger partial charge in [-0.3, -0.25) is 4.90 Å². The van der Waals surface area contributed by atoms with Gasteiger partial charge in [0, 0.05) is 49.9 Å². The Kier molecular flexibility index (Phi) is 4.96. The highest BCUT2D eigenvalue weighted by atomic mass is 32.1. The van der Waals surface area contributed by atoms with Crippen molar-refractivity contribution in [2.75, 3.05) is 31.1 Å². The quantitative estimate of drug-likeness (QED) is 0.658. The van der Waals surface area contributed by atoms with Crippen molar-refractivity contribution in [1.82, 2.24) is 29.5 Å². The number of rotatable bonds is 4. The van der Waals surface area contributed by atoms with Gasteiger partial charge >= 0.3 is 6.18 Å². The van der Waals surface area contributed by atoms with Gasteiger partial charge < -0.3 is 4.90 Å². The molecule has 0 unspecified atom stereocenters. The van der Waals surface area contributed by atoms with E-state index in [4.69, 9.17) is 0 Å². The summed E-state index contributed by atoms with van der Waals surface area (Å²) in [5, 5.41) is 6.88. The molecule has 0 amide bonds. The van der Waals surface area contributed by atoms with Crippen LogP contribution in [-0.2, 0) is 19.1 Å². The van der Waals surface area contributed by atoms with Gasteiger partial charge in [-0.15, -0.1) is 16.4 Å². The van der Waals surface area contributed by atoms with Crippen LogP contribution >= 0.6 is 11.3 Å². The predicted octanol–water partition coefficient (Wildman–Crippen LogP) is 2.79. The van der Waals surface area contributed by atoms with Crippen molar-refractivity contribution in [3.8, 4) is 0 Å². The lowest BCUT2D eigenvalue weighted by molar-refractivity contribution is -0.144. The molecule has 0 spiro atoms. The Labute approximate surface area is 163 Å². The van der Waals surface area contributed by atoms with E-state index in [1.807, 2.05) is 4.90 Å². The summed E-state index contributed by atoms with van der Waals surface area (Å²) in [4.78, 5) is 16.6. The molecule has 4 rings (SSSR count). The van der Waals surface area contributed by atoms with Crippen LogP contribution in [0.4, 0.5) is 19.0 Å². The number of thiazole rings is 1. The zero-order chi connectivity index (χ0) is 19.9. The fourth-order valence-corrected chi connectivity index (χ4v) is 4.00. The molecule has 11 heteroatoms. The SMILES string of the molecule is CCc1nc(CN2CCN(c3cc(C)nc4nc(C(F)(F)F)nn34)CC2)cs1. The molecule has 0 saturated carbocycles. The van der Waals surface area contributed by atoms with Crippen LogP contribution in [0.5, 0.6) is 0 Å². The summed E-state index contributed by atoms with van der Waals surface area (Å²) in [6, 6.07) is 1.76. The maximum Gasteiger partial charge on any atom is 0.453 e. The van der Waals surface area contributed by atoms with Gasteiger partial charge in [-0.2, -0.15) is 22.7 Å². The highest BCUT2D eigenvalue weighted by Gasteiger charge is 2.37. The first-order valence-electron chi connectivity index (χ1n) is 9.05. The van der Waals surface area contributed by atoms with E-state index in [0.717, 1.165) is 36.8 Å². The normalized spacial score (nSPS) is 16.2. The van der Waals surface area contributed by atoms with E-state index in [9.17, 15) is 13.2 Å². The zero-order valence-corrected chi connectivity index (χ0v) is 16.4. The van der Waals surface area contributed by atoms with Gasteiger partial charge in [0.05, 0.1) is 10.7 Å². The number of hydrogen-bond donors (Lipinski definition) is 0. The van der Waals surface area contributed by atoms with E-state index in [2.05, 4.69) is 37.3 Å². The third-order valence-electron chi connectivity index (χ3n) is 4.66. The Balaban J connectivity index is 1.51. The number of fused-ring (bicyclic) bond motifs is 1. The second-order valence-electron chi connectivity index (χ2n) is 6.75. The average molecular weight is 411 g/mol. The molecule has 3 aromatic rings. The number of aryl methyl sites for hydroxylation is 2. The smallest absolute Gasteiger partial charge is 0.354 e. The lowest BCUT2D eigenvalue weighted by Gasteiger charge is -2.35. The van der Waals surface area contributed by atoms with Crippen molar-refractivity contribution in [3.05, 3.63) is 33.7 Å². The van der Waals surface area contributed by atoms with E-state index in [1.54, 1.807) is 24.3 Å². The monoisotopic (exact) mass is 411 g/mol. The van der Waals surface area contributed by atoms with Crippen LogP contribution in [0.3, 0.4) is 0 Å². The molecule has 0 atom stereocenters. The minimum Gasteiger partial charge on any atom is -0.354 e. The number of hydrogen-bond acceptors (Lipinski definition) is 7. The number of halogens is 3. The summed E-state index contributed by atoms with van der Waals surface area (Å²) < 4.78 is 40.2. The molecule has 3 aromatic heterocycles. The molecular weight excluding hydrogens is 391 g/mol. The lowest BCUT2D eigenvalue weighted by Crippen LogP contribution is -2.46. The van der Waals surface area contributed by atoms with Crippen molar-refractivity contribution in [3.63, 3.8) is 0 Å². The van der Waals surface area contributed by atoms with Crippen molar-refractivity contribution < 1.29 is 13.2 Å². The molecule has 150 valence electrons. The summed E-state index contributed by atoms with van der Waals surface area (Å²) in [7, 11) is 0. The highest BCUT2D eigenvalue weighted by molar-refractivity contribution is 7.09. The lowest BCUT2D eigenvalue weighted by atomic mass is 10.3. The van der Waals surface area contributed by atoms with Crippen molar-refractivity contribution in [2.24, 2.45) is 0 Å². The fraction of sp³-hybridized carbons (Fsp3) is 0.529. The Morgan fingerprint density at radius 3 is 2.50 bits per heavy atom. The van der Waals surface area contributed by atoms with E-state index in [-0.39, 0.29) is 5.78 Å². The molecule has 0 aromatic carbocycles. The summed E-state index contributed by atoms with van der Waals surface area (Å²) in [6.07, 6.45) is -3.66. The zero-order valence-electron chi connectivity index (χ0n) is 15.6. The Morgan fingerprint density at radius 2 is 1.86 bits per heavy atom. The minimum atomic E-state index is -4.59. The first kappa shape index (κ1) is 19.1. The molecule has 7 nitrogen and oxygen atoms in total. The van der Waals surface area contributed by atoms with Crippen molar-refractivity contribution >= 4 is 22.9 Å². The highest BCUT2D eigenvalue weighted by Crippen LogP contribution is 2.28. The third-order valence-corrected chi connectivity index (χ3v) is 5.70. The molecule has 1 aliphatic heterocycles. The predicted molar refractivity (Wildman–Crippen MR) is 99.5 cm³/mol. The van der Waals surface area contributed by atoms with Crippen LogP contribution < -0.4 is 4.90 Å². The number of aromatic nitrogens is 5. The second kappa shape index (κ2) is 7.28. The van der Waals surface area contributed by atoms with E-state index < -0.39 is 12.0 Å². The van der Waals surface area contributed by atoms with Crippen LogP contribution in [0, 0.1) is 6.92 Å². The van der Waals surface area contributed by atoms with Crippen LogP contribution in [0.1, 0.15) is 29.1 Å². The molecule has 1 fully saturated rings. The second-order valence-corrected chi connectivity index (χ2v) is 7.69. The van der Waals surface area contributed by atoms with E-state index >= 15 is 0 Å². The summed E-state index contributed by atoms with van der Waals surface area (Å²) in [5.74, 6) is -0.604. The number of piperazine rings is 1. The standard InChI is InChI=1S/C17H20F3N7S/c1-3-13-22-12(10-28-13)9-25-4-6-26(7-5-25)14-8-11(2)21-16-23-15(17(18,19)20)24-27(14)16/h8,10H,3-7,9H2,1-2H3. The van der Waals surface area contributed by atoms with Gasteiger partial charge in [0.2, 0.25) is 0 Å².